The van der Waals surface area contributed by atoms with Crippen LogP contribution in [0.3, 0.4) is 0 Å². The third kappa shape index (κ3) is 5.57. The molecule has 3 aromatic rings. The number of carbonyl (C=O) groups is 1. The predicted molar refractivity (Wildman–Crippen MR) is 133 cm³/mol. The molecule has 0 bridgehead atoms. The maximum absolute atomic E-state index is 13.2. The van der Waals surface area contributed by atoms with Crippen LogP contribution in [0.5, 0.6) is 5.75 Å². The molecule has 2 fully saturated rings. The van der Waals surface area contributed by atoms with Crippen LogP contribution in [0.2, 0.25) is 0 Å². The highest BCUT2D eigenvalue weighted by Gasteiger charge is 2.24. The number of benzene rings is 2. The Hall–Kier alpha value is -2.96. The van der Waals surface area contributed by atoms with Crippen molar-refractivity contribution in [3.05, 3.63) is 71.9 Å². The van der Waals surface area contributed by atoms with E-state index in [-0.39, 0.29) is 5.91 Å². The highest BCUT2D eigenvalue weighted by molar-refractivity contribution is 5.94. The van der Waals surface area contributed by atoms with Crippen LogP contribution >= 0.6 is 0 Å². The second kappa shape index (κ2) is 11.0. The number of para-hydroxylation sites is 1. The van der Waals surface area contributed by atoms with Crippen LogP contribution in [-0.4, -0.2) is 73.2 Å². The van der Waals surface area contributed by atoms with Crippen LogP contribution in [0.1, 0.15) is 28.8 Å². The van der Waals surface area contributed by atoms with Crippen molar-refractivity contribution in [3.63, 3.8) is 0 Å². The average molecular weight is 460 g/mol. The van der Waals surface area contributed by atoms with Crippen molar-refractivity contribution in [2.75, 3.05) is 52.5 Å². The molecule has 2 aliphatic heterocycles. The van der Waals surface area contributed by atoms with Crippen LogP contribution in [0.25, 0.3) is 10.9 Å². The molecule has 5 rings (SSSR count). The minimum atomic E-state index is 0.101. The minimum absolute atomic E-state index is 0.101. The normalized spacial score (nSPS) is 17.7. The van der Waals surface area contributed by atoms with Crippen LogP contribution in [-0.2, 0) is 11.2 Å². The first-order valence-corrected chi connectivity index (χ1v) is 12.4. The molecule has 0 unspecified atom stereocenters. The van der Waals surface area contributed by atoms with Crippen molar-refractivity contribution < 1.29 is 14.3 Å². The largest absolute Gasteiger partial charge is 0.492 e. The van der Waals surface area contributed by atoms with E-state index in [0.717, 1.165) is 76.5 Å². The van der Waals surface area contributed by atoms with Gasteiger partial charge in [-0.2, -0.15) is 0 Å². The first-order chi connectivity index (χ1) is 16.8. The summed E-state index contributed by atoms with van der Waals surface area (Å²) in [5, 5.41) is 1.19. The summed E-state index contributed by atoms with van der Waals surface area (Å²) in [6.45, 7) is 6.57. The van der Waals surface area contributed by atoms with Crippen molar-refractivity contribution in [1.82, 2.24) is 14.8 Å². The lowest BCUT2D eigenvalue weighted by Crippen LogP contribution is -2.39. The zero-order valence-corrected chi connectivity index (χ0v) is 19.7. The number of fused-ring (bicyclic) bond motifs is 1. The fourth-order valence-corrected chi connectivity index (χ4v) is 5.00. The van der Waals surface area contributed by atoms with Crippen molar-refractivity contribution >= 4 is 16.8 Å². The first kappa shape index (κ1) is 22.8. The van der Waals surface area contributed by atoms with Gasteiger partial charge in [0, 0.05) is 49.9 Å². The van der Waals surface area contributed by atoms with E-state index in [0.29, 0.717) is 18.1 Å². The van der Waals surface area contributed by atoms with E-state index >= 15 is 0 Å². The molecule has 0 aliphatic carbocycles. The van der Waals surface area contributed by atoms with Crippen molar-refractivity contribution in [1.29, 1.82) is 0 Å². The summed E-state index contributed by atoms with van der Waals surface area (Å²) < 4.78 is 11.3. The number of likely N-dealkylation sites (tertiary alicyclic amines) is 1. The van der Waals surface area contributed by atoms with Gasteiger partial charge in [-0.25, -0.2) is 0 Å². The molecule has 1 amide bonds. The molecule has 1 aromatic heterocycles. The number of piperidine rings is 1. The first-order valence-electron chi connectivity index (χ1n) is 12.4. The van der Waals surface area contributed by atoms with Gasteiger partial charge in [0.2, 0.25) is 0 Å². The number of ether oxygens (including phenoxy) is 2. The Morgan fingerprint density at radius 1 is 1.00 bits per heavy atom. The number of morpholine rings is 1. The maximum atomic E-state index is 13.2. The Morgan fingerprint density at radius 3 is 2.65 bits per heavy atom. The minimum Gasteiger partial charge on any atom is -0.492 e. The summed E-state index contributed by atoms with van der Waals surface area (Å²) >= 11 is 0. The number of aromatic nitrogens is 1. The highest BCUT2D eigenvalue weighted by Crippen LogP contribution is 2.26. The van der Waals surface area contributed by atoms with Gasteiger partial charge < -0.3 is 14.4 Å². The summed E-state index contributed by atoms with van der Waals surface area (Å²) in [7, 11) is 0. The van der Waals surface area contributed by atoms with E-state index in [1.54, 1.807) is 0 Å². The smallest absolute Gasteiger partial charge is 0.253 e. The number of amides is 1. The number of hydrogen-bond donors (Lipinski definition) is 0. The van der Waals surface area contributed by atoms with Gasteiger partial charge in [0.05, 0.1) is 18.7 Å². The van der Waals surface area contributed by atoms with E-state index in [4.69, 9.17) is 9.47 Å². The maximum Gasteiger partial charge on any atom is 0.253 e. The van der Waals surface area contributed by atoms with Crippen LogP contribution in [0, 0.1) is 5.92 Å². The molecule has 34 heavy (non-hydrogen) atoms. The molecule has 0 radical (unpaired) electrons. The molecule has 178 valence electrons. The van der Waals surface area contributed by atoms with Crippen LogP contribution in [0.15, 0.2) is 60.8 Å². The van der Waals surface area contributed by atoms with Crippen LogP contribution in [0.4, 0.5) is 0 Å². The van der Waals surface area contributed by atoms with Gasteiger partial charge in [0.15, 0.2) is 0 Å². The van der Waals surface area contributed by atoms with Gasteiger partial charge in [-0.1, -0.05) is 30.3 Å². The van der Waals surface area contributed by atoms with Crippen molar-refractivity contribution in [2.24, 2.45) is 5.92 Å². The number of nitrogens with zero attached hydrogens (tertiary/aromatic N) is 3. The van der Waals surface area contributed by atoms with Gasteiger partial charge in [0.25, 0.3) is 5.91 Å². The van der Waals surface area contributed by atoms with Gasteiger partial charge in [-0.3, -0.25) is 14.7 Å². The standard InChI is InChI=1S/C28H33N3O3/c32-28(25-6-2-8-26(21-25)34-19-16-30-14-17-33-18-15-30)31-12-9-22(10-13-31)20-24-5-1-4-23-7-3-11-29-27(23)24/h1-8,11,21-22H,9-10,12-20H2. The topological polar surface area (TPSA) is 54.9 Å². The zero-order chi connectivity index (χ0) is 23.2. The van der Waals surface area contributed by atoms with E-state index in [9.17, 15) is 4.79 Å². The Balaban J connectivity index is 1.13. The Labute approximate surface area is 201 Å². The zero-order valence-electron chi connectivity index (χ0n) is 19.7. The summed E-state index contributed by atoms with van der Waals surface area (Å²) in [5.74, 6) is 1.44. The predicted octanol–water partition coefficient (Wildman–Crippen LogP) is 4.04. The third-order valence-corrected chi connectivity index (χ3v) is 6.99. The molecule has 2 aliphatic rings. The van der Waals surface area contributed by atoms with Gasteiger partial charge in [0.1, 0.15) is 12.4 Å². The summed E-state index contributed by atoms with van der Waals surface area (Å²) in [6.07, 6.45) is 4.92. The molecule has 0 N–H and O–H groups in total. The molecule has 0 saturated carbocycles. The fourth-order valence-electron chi connectivity index (χ4n) is 5.00. The molecular weight excluding hydrogens is 426 g/mol. The monoisotopic (exact) mass is 459 g/mol. The molecule has 2 saturated heterocycles. The number of pyridine rings is 1. The number of carbonyl (C=O) groups excluding carboxylic acids is 1. The average Bonchev–Trinajstić information content (AvgIpc) is 2.90. The lowest BCUT2D eigenvalue weighted by atomic mass is 9.89. The molecule has 0 atom stereocenters. The SMILES string of the molecule is O=C(c1cccc(OCCN2CCOCC2)c1)N1CCC(Cc2cccc3cccnc23)CC1. The fraction of sp³-hybridized carbons (Fsp3) is 0.429. The van der Waals surface area contributed by atoms with Gasteiger partial charge >= 0.3 is 0 Å². The Kier molecular flexibility index (Phi) is 7.37. The second-order valence-corrected chi connectivity index (χ2v) is 9.26. The van der Waals surface area contributed by atoms with E-state index in [1.807, 2.05) is 41.4 Å². The quantitative estimate of drug-likeness (QED) is 0.534. The van der Waals surface area contributed by atoms with E-state index < -0.39 is 0 Å². The Morgan fingerprint density at radius 2 is 1.79 bits per heavy atom. The molecule has 3 heterocycles. The lowest BCUT2D eigenvalue weighted by molar-refractivity contribution is 0.0322. The highest BCUT2D eigenvalue weighted by atomic mass is 16.5. The summed E-state index contributed by atoms with van der Waals surface area (Å²) in [5.41, 5.74) is 3.12. The number of hydrogen-bond acceptors (Lipinski definition) is 5. The lowest BCUT2D eigenvalue weighted by Gasteiger charge is -2.32. The molecular formula is C28H33N3O3. The van der Waals surface area contributed by atoms with Crippen molar-refractivity contribution in [3.8, 4) is 5.75 Å². The van der Waals surface area contributed by atoms with Crippen LogP contribution < -0.4 is 4.74 Å². The third-order valence-electron chi connectivity index (χ3n) is 6.99. The molecule has 6 heteroatoms. The van der Waals surface area contributed by atoms with Gasteiger partial charge in [-0.15, -0.1) is 0 Å². The second-order valence-electron chi connectivity index (χ2n) is 9.26. The van der Waals surface area contributed by atoms with Gasteiger partial charge in [-0.05, 0) is 55.0 Å². The summed E-state index contributed by atoms with van der Waals surface area (Å²) in [4.78, 5) is 22.1. The molecule has 6 nitrogen and oxygen atoms in total. The van der Waals surface area contributed by atoms with E-state index in [1.165, 1.54) is 10.9 Å². The summed E-state index contributed by atoms with van der Waals surface area (Å²) in [6, 6.07) is 18.2. The number of rotatable bonds is 7. The van der Waals surface area contributed by atoms with Crippen molar-refractivity contribution in [2.45, 2.75) is 19.3 Å². The van der Waals surface area contributed by atoms with E-state index in [2.05, 4.69) is 34.1 Å². The molecule has 2 aromatic carbocycles. The Bertz CT molecular complexity index is 1100. The molecule has 0 spiro atoms.